The number of methoxy groups -OCH3 is 2. The highest BCUT2D eigenvalue weighted by Gasteiger charge is 2.17. The molecule has 0 fully saturated rings. The SMILES string of the molecule is CCOC(=O)CCc1c(CC(=O)OCC)cc(OC)cc1OC. The lowest BCUT2D eigenvalue weighted by atomic mass is 9.98. The Balaban J connectivity index is 3.06. The fourth-order valence-electron chi connectivity index (χ4n) is 2.24. The Hall–Kier alpha value is -2.24. The smallest absolute Gasteiger partial charge is 0.310 e. The molecule has 0 aromatic heterocycles. The van der Waals surface area contributed by atoms with E-state index in [1.807, 2.05) is 0 Å². The maximum absolute atomic E-state index is 11.8. The quantitative estimate of drug-likeness (QED) is 0.649. The number of hydrogen-bond acceptors (Lipinski definition) is 6. The van der Waals surface area contributed by atoms with Crippen LogP contribution in [0.1, 0.15) is 31.4 Å². The first-order valence-electron chi connectivity index (χ1n) is 7.60. The molecule has 0 unspecified atom stereocenters. The average molecular weight is 324 g/mol. The highest BCUT2D eigenvalue weighted by molar-refractivity contribution is 5.74. The van der Waals surface area contributed by atoms with Crippen LogP contribution in [-0.4, -0.2) is 39.4 Å². The first-order chi connectivity index (χ1) is 11.0. The van der Waals surface area contributed by atoms with Crippen LogP contribution in [0.2, 0.25) is 0 Å². The summed E-state index contributed by atoms with van der Waals surface area (Å²) in [6, 6.07) is 3.50. The molecule has 1 aromatic rings. The number of carbonyl (C=O) groups excluding carboxylic acids is 2. The number of carbonyl (C=O) groups is 2. The van der Waals surface area contributed by atoms with E-state index < -0.39 is 0 Å². The molecule has 0 aliphatic heterocycles. The minimum atomic E-state index is -0.333. The number of hydrogen-bond donors (Lipinski definition) is 0. The van der Waals surface area contributed by atoms with Crippen LogP contribution in [0.5, 0.6) is 11.5 Å². The van der Waals surface area contributed by atoms with Gasteiger partial charge < -0.3 is 18.9 Å². The van der Waals surface area contributed by atoms with Crippen LogP contribution in [0, 0.1) is 0 Å². The van der Waals surface area contributed by atoms with Gasteiger partial charge in [-0.25, -0.2) is 0 Å². The van der Waals surface area contributed by atoms with Crippen molar-refractivity contribution >= 4 is 11.9 Å². The van der Waals surface area contributed by atoms with Crippen LogP contribution >= 0.6 is 0 Å². The maximum Gasteiger partial charge on any atom is 0.310 e. The predicted octanol–water partition coefficient (Wildman–Crippen LogP) is 2.31. The number of esters is 2. The van der Waals surface area contributed by atoms with E-state index in [-0.39, 0.29) is 24.8 Å². The molecule has 6 nitrogen and oxygen atoms in total. The molecule has 0 saturated carbocycles. The second-order valence-electron chi connectivity index (χ2n) is 4.75. The summed E-state index contributed by atoms with van der Waals surface area (Å²) in [5.74, 6) is 0.543. The monoisotopic (exact) mass is 324 g/mol. The molecule has 0 radical (unpaired) electrons. The highest BCUT2D eigenvalue weighted by Crippen LogP contribution is 2.30. The van der Waals surface area contributed by atoms with Crippen LogP contribution in [0.25, 0.3) is 0 Å². The van der Waals surface area contributed by atoms with Crippen molar-refractivity contribution in [2.24, 2.45) is 0 Å². The number of benzene rings is 1. The Labute approximate surface area is 136 Å². The third kappa shape index (κ3) is 5.81. The van der Waals surface area contributed by atoms with Crippen molar-refractivity contribution in [2.75, 3.05) is 27.4 Å². The van der Waals surface area contributed by atoms with Gasteiger partial charge in [-0.15, -0.1) is 0 Å². The lowest BCUT2D eigenvalue weighted by Gasteiger charge is -2.15. The van der Waals surface area contributed by atoms with Crippen LogP contribution in [0.15, 0.2) is 12.1 Å². The molecule has 0 amide bonds. The van der Waals surface area contributed by atoms with Crippen molar-refractivity contribution in [1.29, 1.82) is 0 Å². The normalized spacial score (nSPS) is 10.1. The van der Waals surface area contributed by atoms with Gasteiger partial charge in [0, 0.05) is 12.5 Å². The summed E-state index contributed by atoms with van der Waals surface area (Å²) < 4.78 is 20.6. The van der Waals surface area contributed by atoms with Crippen molar-refractivity contribution in [1.82, 2.24) is 0 Å². The van der Waals surface area contributed by atoms with Gasteiger partial charge in [0.1, 0.15) is 11.5 Å². The van der Waals surface area contributed by atoms with Gasteiger partial charge in [0.25, 0.3) is 0 Å². The molecule has 0 atom stereocenters. The van der Waals surface area contributed by atoms with E-state index in [9.17, 15) is 9.59 Å². The molecule has 1 rings (SSSR count). The fraction of sp³-hybridized carbons (Fsp3) is 0.529. The van der Waals surface area contributed by atoms with Crippen molar-refractivity contribution in [3.8, 4) is 11.5 Å². The van der Waals surface area contributed by atoms with Crippen molar-refractivity contribution in [3.05, 3.63) is 23.3 Å². The van der Waals surface area contributed by atoms with Crippen LogP contribution in [-0.2, 0) is 31.9 Å². The molecule has 0 saturated heterocycles. The maximum atomic E-state index is 11.8. The first kappa shape index (κ1) is 18.8. The lowest BCUT2D eigenvalue weighted by molar-refractivity contribution is -0.143. The molecule has 6 heteroatoms. The molecule has 128 valence electrons. The Morgan fingerprint density at radius 3 is 2.17 bits per heavy atom. The lowest BCUT2D eigenvalue weighted by Crippen LogP contribution is -2.12. The summed E-state index contributed by atoms with van der Waals surface area (Å²) in [5.41, 5.74) is 1.51. The molecule has 1 aromatic carbocycles. The molecule has 0 heterocycles. The molecular weight excluding hydrogens is 300 g/mol. The molecule has 0 N–H and O–H groups in total. The zero-order valence-corrected chi connectivity index (χ0v) is 14.1. The van der Waals surface area contributed by atoms with E-state index in [0.29, 0.717) is 31.1 Å². The molecule has 0 bridgehead atoms. The van der Waals surface area contributed by atoms with Gasteiger partial charge in [0.05, 0.1) is 33.9 Å². The molecule has 0 spiro atoms. The third-order valence-electron chi connectivity index (χ3n) is 3.26. The van der Waals surface area contributed by atoms with E-state index in [2.05, 4.69) is 0 Å². The van der Waals surface area contributed by atoms with Gasteiger partial charge in [-0.2, -0.15) is 0 Å². The third-order valence-corrected chi connectivity index (χ3v) is 3.26. The topological polar surface area (TPSA) is 71.1 Å². The zero-order valence-electron chi connectivity index (χ0n) is 14.1. The summed E-state index contributed by atoms with van der Waals surface area (Å²) >= 11 is 0. The molecule has 0 aliphatic carbocycles. The largest absolute Gasteiger partial charge is 0.497 e. The summed E-state index contributed by atoms with van der Waals surface area (Å²) in [6.45, 7) is 4.18. The van der Waals surface area contributed by atoms with Crippen molar-refractivity contribution in [3.63, 3.8) is 0 Å². The van der Waals surface area contributed by atoms with Gasteiger partial charge in [0.15, 0.2) is 0 Å². The van der Waals surface area contributed by atoms with E-state index in [0.717, 1.165) is 11.1 Å². The molecule has 0 aliphatic rings. The molecule has 23 heavy (non-hydrogen) atoms. The summed E-state index contributed by atoms with van der Waals surface area (Å²) in [4.78, 5) is 23.4. The minimum Gasteiger partial charge on any atom is -0.497 e. The van der Waals surface area contributed by atoms with Gasteiger partial charge in [-0.05, 0) is 37.5 Å². The van der Waals surface area contributed by atoms with Crippen LogP contribution in [0.4, 0.5) is 0 Å². The van der Waals surface area contributed by atoms with E-state index in [1.165, 1.54) is 7.11 Å². The second kappa shape index (κ2) is 9.71. The Morgan fingerprint density at radius 1 is 0.957 bits per heavy atom. The Kier molecular flexibility index (Phi) is 7.94. The molecular formula is C17H24O6. The van der Waals surface area contributed by atoms with E-state index >= 15 is 0 Å². The summed E-state index contributed by atoms with van der Waals surface area (Å²) in [5, 5.41) is 0. The average Bonchev–Trinajstić information content (AvgIpc) is 2.53. The van der Waals surface area contributed by atoms with Crippen molar-refractivity contribution in [2.45, 2.75) is 33.1 Å². The van der Waals surface area contributed by atoms with Gasteiger partial charge >= 0.3 is 11.9 Å². The van der Waals surface area contributed by atoms with Crippen molar-refractivity contribution < 1.29 is 28.5 Å². The van der Waals surface area contributed by atoms with E-state index in [1.54, 1.807) is 33.1 Å². The van der Waals surface area contributed by atoms with Gasteiger partial charge in [-0.1, -0.05) is 0 Å². The minimum absolute atomic E-state index is 0.0968. The number of ether oxygens (including phenoxy) is 4. The summed E-state index contributed by atoms with van der Waals surface area (Å²) in [6.07, 6.45) is 0.729. The Morgan fingerprint density at radius 2 is 1.61 bits per heavy atom. The fourth-order valence-corrected chi connectivity index (χ4v) is 2.24. The van der Waals surface area contributed by atoms with Gasteiger partial charge in [-0.3, -0.25) is 9.59 Å². The number of rotatable bonds is 9. The first-order valence-corrected chi connectivity index (χ1v) is 7.60. The van der Waals surface area contributed by atoms with Crippen LogP contribution < -0.4 is 9.47 Å². The second-order valence-corrected chi connectivity index (χ2v) is 4.75. The van der Waals surface area contributed by atoms with E-state index in [4.69, 9.17) is 18.9 Å². The van der Waals surface area contributed by atoms with Gasteiger partial charge in [0.2, 0.25) is 0 Å². The standard InChI is InChI=1S/C17H24O6/c1-5-22-16(18)8-7-14-12(10-17(19)23-6-2)9-13(20-3)11-15(14)21-4/h9,11H,5-8,10H2,1-4H3. The highest BCUT2D eigenvalue weighted by atomic mass is 16.5. The predicted molar refractivity (Wildman–Crippen MR) is 84.8 cm³/mol. The van der Waals surface area contributed by atoms with Crippen LogP contribution in [0.3, 0.4) is 0 Å². The summed E-state index contributed by atoms with van der Waals surface area (Å²) in [7, 11) is 3.08. The Bertz CT molecular complexity index is 538. The zero-order chi connectivity index (χ0) is 17.2.